The van der Waals surface area contributed by atoms with E-state index in [2.05, 4.69) is 9.71 Å². The Morgan fingerprint density at radius 1 is 1.00 bits per heavy atom. The van der Waals surface area contributed by atoms with Crippen LogP contribution >= 0.6 is 0 Å². The van der Waals surface area contributed by atoms with Crippen molar-refractivity contribution in [3.8, 4) is 5.75 Å². The van der Waals surface area contributed by atoms with Gasteiger partial charge in [0.1, 0.15) is 11.0 Å². The molecule has 39 heavy (non-hydrogen) atoms. The quantitative estimate of drug-likeness (QED) is 0.486. The van der Waals surface area contributed by atoms with E-state index in [-0.39, 0.29) is 17.6 Å². The van der Waals surface area contributed by atoms with Crippen molar-refractivity contribution in [2.75, 3.05) is 38.0 Å². The van der Waals surface area contributed by atoms with E-state index in [1.54, 1.807) is 34.2 Å². The topological polar surface area (TPSA) is 109 Å². The average Bonchev–Trinajstić information content (AvgIpc) is 2.96. The number of sulfonamides is 1. The molecule has 2 amide bonds. The van der Waals surface area contributed by atoms with E-state index >= 15 is 0 Å². The van der Waals surface area contributed by atoms with Crippen LogP contribution in [0.4, 0.5) is 5.69 Å². The van der Waals surface area contributed by atoms with Crippen LogP contribution in [-0.2, 0) is 21.2 Å². The molecule has 1 fully saturated rings. The third kappa shape index (κ3) is 5.80. The lowest BCUT2D eigenvalue weighted by atomic mass is 10.0. The number of ether oxygens (including phenoxy) is 1. The molecule has 5 rings (SSSR count). The van der Waals surface area contributed by atoms with Crippen molar-refractivity contribution in [1.29, 1.82) is 0 Å². The van der Waals surface area contributed by atoms with E-state index in [0.717, 1.165) is 11.1 Å². The minimum Gasteiger partial charge on any atom is -0.496 e. The molecule has 0 bridgehead atoms. The first-order valence-corrected chi connectivity index (χ1v) is 14.3. The number of nitrogens with zero attached hydrogens (tertiary/aromatic N) is 3. The number of anilines is 1. The van der Waals surface area contributed by atoms with Gasteiger partial charge in [-0.15, -0.1) is 0 Å². The molecule has 1 saturated heterocycles. The van der Waals surface area contributed by atoms with E-state index < -0.39 is 15.3 Å². The molecule has 9 nitrogen and oxygen atoms in total. The molecule has 3 aromatic rings. The second-order valence-corrected chi connectivity index (χ2v) is 11.4. The van der Waals surface area contributed by atoms with Gasteiger partial charge in [0, 0.05) is 38.4 Å². The molecule has 1 unspecified atom stereocenters. The fraction of sp³-hybridized carbons (Fsp3) is 0.276. The third-order valence-corrected chi connectivity index (χ3v) is 8.69. The molecular weight excluding hydrogens is 516 g/mol. The number of pyridine rings is 1. The predicted molar refractivity (Wildman–Crippen MR) is 149 cm³/mol. The first-order valence-electron chi connectivity index (χ1n) is 12.8. The van der Waals surface area contributed by atoms with Gasteiger partial charge >= 0.3 is 0 Å². The number of carbonyl (C=O) groups is 2. The van der Waals surface area contributed by atoms with Crippen LogP contribution in [0.25, 0.3) is 6.08 Å². The van der Waals surface area contributed by atoms with Crippen molar-refractivity contribution in [2.24, 2.45) is 0 Å². The van der Waals surface area contributed by atoms with E-state index in [1.807, 2.05) is 48.6 Å². The summed E-state index contributed by atoms with van der Waals surface area (Å²) in [5.74, 6) is 0.0746. The Bertz CT molecular complexity index is 1500. The molecule has 2 aromatic carbocycles. The molecule has 202 valence electrons. The van der Waals surface area contributed by atoms with Gasteiger partial charge in [-0.3, -0.25) is 19.3 Å². The molecule has 1 atom stereocenters. The van der Waals surface area contributed by atoms with Crippen molar-refractivity contribution >= 4 is 33.6 Å². The molecule has 1 aromatic heterocycles. The van der Waals surface area contributed by atoms with Crippen molar-refractivity contribution < 1.29 is 22.7 Å². The Morgan fingerprint density at radius 3 is 2.49 bits per heavy atom. The number of amides is 2. The van der Waals surface area contributed by atoms with Crippen LogP contribution in [0.5, 0.6) is 5.75 Å². The van der Waals surface area contributed by atoms with Crippen LogP contribution < -0.4 is 9.46 Å². The maximum absolute atomic E-state index is 13.3. The molecule has 0 saturated carbocycles. The van der Waals surface area contributed by atoms with Crippen molar-refractivity contribution in [3.05, 3.63) is 95.3 Å². The normalized spacial score (nSPS) is 16.9. The van der Waals surface area contributed by atoms with E-state index in [4.69, 9.17) is 4.74 Å². The summed E-state index contributed by atoms with van der Waals surface area (Å²) in [6.45, 7) is 1.70. The zero-order valence-corrected chi connectivity index (χ0v) is 22.4. The second-order valence-electron chi connectivity index (χ2n) is 9.50. The summed E-state index contributed by atoms with van der Waals surface area (Å²) in [7, 11) is -2.38. The SMILES string of the molecule is COc1cc(NS(=O)(=O)C2CC=Cc3cccnc32)ccc1C(=O)N1CCN(C(=O)Cc2ccccc2)CC1. The van der Waals surface area contributed by atoms with Gasteiger partial charge < -0.3 is 14.5 Å². The van der Waals surface area contributed by atoms with Gasteiger partial charge in [-0.25, -0.2) is 8.42 Å². The Morgan fingerprint density at radius 2 is 1.74 bits per heavy atom. The van der Waals surface area contributed by atoms with Gasteiger partial charge in [-0.1, -0.05) is 48.6 Å². The summed E-state index contributed by atoms with van der Waals surface area (Å²) < 4.78 is 34.6. The Kier molecular flexibility index (Phi) is 7.65. The Labute approximate surface area is 228 Å². The maximum Gasteiger partial charge on any atom is 0.257 e. The highest BCUT2D eigenvalue weighted by Gasteiger charge is 2.32. The predicted octanol–water partition coefficient (Wildman–Crippen LogP) is 3.52. The van der Waals surface area contributed by atoms with Gasteiger partial charge in [0.15, 0.2) is 0 Å². The lowest BCUT2D eigenvalue weighted by Gasteiger charge is -2.35. The maximum atomic E-state index is 13.3. The Hall–Kier alpha value is -4.18. The smallest absolute Gasteiger partial charge is 0.257 e. The van der Waals surface area contributed by atoms with E-state index in [1.165, 1.54) is 13.2 Å². The lowest BCUT2D eigenvalue weighted by molar-refractivity contribution is -0.131. The number of nitrogens with one attached hydrogen (secondary N) is 1. The molecule has 2 heterocycles. The van der Waals surface area contributed by atoms with E-state index in [0.29, 0.717) is 56.0 Å². The number of piperazine rings is 1. The molecule has 10 heteroatoms. The molecule has 0 spiro atoms. The number of benzene rings is 2. The van der Waals surface area contributed by atoms with Gasteiger partial charge in [-0.05, 0) is 35.7 Å². The largest absolute Gasteiger partial charge is 0.496 e. The second kappa shape index (κ2) is 11.3. The summed E-state index contributed by atoms with van der Waals surface area (Å²) in [4.78, 5) is 33.8. The summed E-state index contributed by atoms with van der Waals surface area (Å²) in [5, 5.41) is -0.827. The molecule has 2 aliphatic rings. The highest BCUT2D eigenvalue weighted by molar-refractivity contribution is 7.93. The van der Waals surface area contributed by atoms with Gasteiger partial charge in [0.05, 0.1) is 30.5 Å². The number of rotatable bonds is 7. The van der Waals surface area contributed by atoms with Crippen LogP contribution in [0.3, 0.4) is 0 Å². The monoisotopic (exact) mass is 546 g/mol. The van der Waals surface area contributed by atoms with Crippen molar-refractivity contribution in [2.45, 2.75) is 18.1 Å². The summed E-state index contributed by atoms with van der Waals surface area (Å²) in [6.07, 6.45) is 5.93. The number of carbonyl (C=O) groups excluding carboxylic acids is 2. The first kappa shape index (κ1) is 26.4. The molecule has 1 aliphatic carbocycles. The highest BCUT2D eigenvalue weighted by atomic mass is 32.2. The van der Waals surface area contributed by atoms with Crippen molar-refractivity contribution in [3.63, 3.8) is 0 Å². The Balaban J connectivity index is 1.24. The number of allylic oxidation sites excluding steroid dienone is 1. The number of hydrogen-bond donors (Lipinski definition) is 1. The van der Waals surface area contributed by atoms with Crippen LogP contribution in [0, 0.1) is 0 Å². The summed E-state index contributed by atoms with van der Waals surface area (Å²) in [6, 6.07) is 17.8. The minimum absolute atomic E-state index is 0.0359. The van der Waals surface area contributed by atoms with Gasteiger partial charge in [0.2, 0.25) is 15.9 Å². The number of fused-ring (bicyclic) bond motifs is 1. The zero-order chi connectivity index (χ0) is 27.4. The molecule has 1 N–H and O–H groups in total. The average molecular weight is 547 g/mol. The number of methoxy groups -OCH3 is 1. The number of aromatic nitrogens is 1. The van der Waals surface area contributed by atoms with Gasteiger partial charge in [-0.2, -0.15) is 0 Å². The lowest BCUT2D eigenvalue weighted by Crippen LogP contribution is -2.51. The first-order chi connectivity index (χ1) is 18.9. The zero-order valence-electron chi connectivity index (χ0n) is 21.6. The number of hydrogen-bond acceptors (Lipinski definition) is 6. The van der Waals surface area contributed by atoms with Gasteiger partial charge in [0.25, 0.3) is 5.91 Å². The van der Waals surface area contributed by atoms with E-state index in [9.17, 15) is 18.0 Å². The van der Waals surface area contributed by atoms with Crippen LogP contribution in [0.2, 0.25) is 0 Å². The highest BCUT2D eigenvalue weighted by Crippen LogP contribution is 2.34. The van der Waals surface area contributed by atoms with Crippen molar-refractivity contribution in [1.82, 2.24) is 14.8 Å². The fourth-order valence-corrected chi connectivity index (χ4v) is 6.38. The van der Waals surface area contributed by atoms with Crippen LogP contribution in [-0.4, -0.2) is 68.3 Å². The molecular formula is C29H30N4O5S. The molecule has 0 radical (unpaired) electrons. The van der Waals surface area contributed by atoms with Crippen LogP contribution in [0.1, 0.15) is 38.8 Å². The summed E-state index contributed by atoms with van der Waals surface area (Å²) in [5.41, 5.74) is 2.87. The minimum atomic E-state index is -3.82. The molecule has 1 aliphatic heterocycles. The van der Waals surface area contributed by atoms with Crippen LogP contribution in [0.15, 0.2) is 72.9 Å². The third-order valence-electron chi connectivity index (χ3n) is 7.01. The fourth-order valence-electron chi connectivity index (χ4n) is 4.92. The summed E-state index contributed by atoms with van der Waals surface area (Å²) >= 11 is 0. The standard InChI is InChI=1S/C29H30N4O5S/c1-38-25-20-23(31-39(36,37)26-11-5-9-22-10-6-14-30-28(22)26)12-13-24(25)29(35)33-17-15-32(16-18-33)27(34)19-21-7-3-2-4-8-21/h2-10,12-14,20,26,31H,11,15-19H2,1H3.